The van der Waals surface area contributed by atoms with E-state index >= 15 is 0 Å². The predicted octanol–water partition coefficient (Wildman–Crippen LogP) is -0.0888. The molecule has 1 heterocycles. The van der Waals surface area contributed by atoms with E-state index in [9.17, 15) is 0 Å². The second-order valence-corrected chi connectivity index (χ2v) is 8.69. The van der Waals surface area contributed by atoms with Crippen LogP contribution in [0.4, 0.5) is 0 Å². The normalized spacial score (nSPS) is 28.8. The number of hydrogen-bond acceptors (Lipinski definition) is 7. The van der Waals surface area contributed by atoms with Crippen molar-refractivity contribution in [1.82, 2.24) is 0 Å². The number of aliphatic hydroxyl groups is 3. The third-order valence-corrected chi connectivity index (χ3v) is 7.74. The maximum Gasteiger partial charge on any atom is 0.504 e. The summed E-state index contributed by atoms with van der Waals surface area (Å²) >= 11 is 0. The number of epoxide rings is 1. The summed E-state index contributed by atoms with van der Waals surface area (Å²) in [6, 6.07) is 0. The van der Waals surface area contributed by atoms with Crippen molar-refractivity contribution >= 4 is 8.80 Å². The minimum absolute atomic E-state index is 0.106. The zero-order chi connectivity index (χ0) is 15.8. The second kappa shape index (κ2) is 9.29. The fourth-order valence-electron chi connectivity index (χ4n) is 3.21. The van der Waals surface area contributed by atoms with E-state index in [1.807, 2.05) is 0 Å². The van der Waals surface area contributed by atoms with Crippen LogP contribution in [0, 0.1) is 5.92 Å². The molecule has 1 saturated carbocycles. The van der Waals surface area contributed by atoms with Gasteiger partial charge in [-0.05, 0) is 31.6 Å². The molecule has 0 spiro atoms. The van der Waals surface area contributed by atoms with Crippen molar-refractivity contribution in [1.29, 1.82) is 0 Å². The summed E-state index contributed by atoms with van der Waals surface area (Å²) in [5.74, 6) is 0.608. The van der Waals surface area contributed by atoms with Crippen LogP contribution in [-0.2, 0) is 18.0 Å². The first-order chi connectivity index (χ1) is 10.8. The molecule has 0 aromatic carbocycles. The Kier molecular flexibility index (Phi) is 7.71. The second-order valence-electron chi connectivity index (χ2n) is 5.80. The van der Waals surface area contributed by atoms with Gasteiger partial charge in [-0.3, -0.25) is 0 Å². The average Bonchev–Trinajstić information content (AvgIpc) is 3.40. The molecular weight excluding hydrogens is 308 g/mol. The molecule has 1 saturated heterocycles. The van der Waals surface area contributed by atoms with Gasteiger partial charge in [0.2, 0.25) is 0 Å². The molecule has 1 atom stereocenters. The average molecular weight is 336 g/mol. The highest BCUT2D eigenvalue weighted by molar-refractivity contribution is 6.62. The maximum absolute atomic E-state index is 9.07. The summed E-state index contributed by atoms with van der Waals surface area (Å²) in [5, 5.41) is 27.2. The lowest BCUT2D eigenvalue weighted by Gasteiger charge is -2.39. The topological polar surface area (TPSA) is 101 Å². The molecule has 1 aliphatic carbocycles. The molecule has 2 aliphatic rings. The molecule has 0 aromatic heterocycles. The minimum atomic E-state index is -3.02. The van der Waals surface area contributed by atoms with Gasteiger partial charge in [-0.25, -0.2) is 0 Å². The third kappa shape index (κ3) is 4.97. The molecule has 130 valence electrons. The highest BCUT2D eigenvalue weighted by Gasteiger charge is 2.51. The molecule has 2 rings (SSSR count). The largest absolute Gasteiger partial charge is 0.504 e. The van der Waals surface area contributed by atoms with Crippen LogP contribution < -0.4 is 0 Å². The summed E-state index contributed by atoms with van der Waals surface area (Å²) in [6.07, 6.45) is 4.39. The van der Waals surface area contributed by atoms with E-state index in [0.29, 0.717) is 12.0 Å². The maximum atomic E-state index is 9.07. The van der Waals surface area contributed by atoms with E-state index in [-0.39, 0.29) is 45.2 Å². The van der Waals surface area contributed by atoms with Crippen LogP contribution in [-0.4, -0.2) is 76.5 Å². The minimum Gasteiger partial charge on any atom is -0.394 e. The van der Waals surface area contributed by atoms with Crippen LogP contribution in [0.25, 0.3) is 0 Å². The first-order valence-electron chi connectivity index (χ1n) is 8.11. The van der Waals surface area contributed by atoms with Crippen LogP contribution in [0.3, 0.4) is 0 Å². The molecule has 7 nitrogen and oxygen atoms in total. The number of ether oxygens (including phenoxy) is 1. The molecule has 1 unspecified atom stereocenters. The summed E-state index contributed by atoms with van der Waals surface area (Å²) in [5.41, 5.74) is 0.146. The lowest BCUT2D eigenvalue weighted by atomic mass is 9.87. The van der Waals surface area contributed by atoms with Crippen molar-refractivity contribution in [2.45, 2.75) is 37.3 Å². The molecular formula is C14H28O7Si. The van der Waals surface area contributed by atoms with Gasteiger partial charge >= 0.3 is 8.80 Å². The molecule has 0 aromatic rings. The van der Waals surface area contributed by atoms with Gasteiger partial charge in [0, 0.05) is 5.54 Å². The van der Waals surface area contributed by atoms with E-state index < -0.39 is 8.80 Å². The van der Waals surface area contributed by atoms with E-state index in [4.69, 9.17) is 33.3 Å². The van der Waals surface area contributed by atoms with Gasteiger partial charge in [0.1, 0.15) is 0 Å². The molecule has 0 radical (unpaired) electrons. The fraction of sp³-hybridized carbons (Fsp3) is 1.00. The van der Waals surface area contributed by atoms with Crippen molar-refractivity contribution in [3.05, 3.63) is 0 Å². The molecule has 22 heavy (non-hydrogen) atoms. The van der Waals surface area contributed by atoms with Crippen molar-refractivity contribution in [2.24, 2.45) is 5.92 Å². The van der Waals surface area contributed by atoms with Gasteiger partial charge in [-0.15, -0.1) is 0 Å². The van der Waals surface area contributed by atoms with Crippen molar-refractivity contribution in [3.8, 4) is 0 Å². The van der Waals surface area contributed by atoms with Crippen LogP contribution in [0.15, 0.2) is 0 Å². The monoisotopic (exact) mass is 336 g/mol. The summed E-state index contributed by atoms with van der Waals surface area (Å²) in [4.78, 5) is 0. The highest BCUT2D eigenvalue weighted by Crippen LogP contribution is 2.44. The summed E-state index contributed by atoms with van der Waals surface area (Å²) < 4.78 is 22.9. The quantitative estimate of drug-likeness (QED) is 0.358. The van der Waals surface area contributed by atoms with Gasteiger partial charge in [-0.1, -0.05) is 0 Å². The molecule has 2 fully saturated rings. The van der Waals surface area contributed by atoms with Crippen LogP contribution in [0.2, 0.25) is 5.54 Å². The smallest absolute Gasteiger partial charge is 0.394 e. The van der Waals surface area contributed by atoms with Crippen LogP contribution >= 0.6 is 0 Å². The predicted molar refractivity (Wildman–Crippen MR) is 80.3 cm³/mol. The van der Waals surface area contributed by atoms with Gasteiger partial charge in [-0.2, -0.15) is 0 Å². The number of aliphatic hydroxyl groups excluding tert-OH is 3. The third-order valence-electron chi connectivity index (χ3n) is 4.34. The standard InChI is InChI=1S/C14H28O7Si/c15-5-8-19-22(20-9-6-16,21-10-7-17)13-3-1-12(2-4-13)14-11-18-14/h12-17H,1-11H2. The molecule has 3 N–H and O–H groups in total. The summed E-state index contributed by atoms with van der Waals surface area (Å²) in [6.45, 7) is 1.00. The Morgan fingerprint density at radius 3 is 1.64 bits per heavy atom. The van der Waals surface area contributed by atoms with E-state index in [1.54, 1.807) is 0 Å². The first-order valence-corrected chi connectivity index (χ1v) is 9.92. The zero-order valence-corrected chi connectivity index (χ0v) is 14.0. The molecule has 1 aliphatic heterocycles. The molecule has 8 heteroatoms. The van der Waals surface area contributed by atoms with E-state index in [2.05, 4.69) is 0 Å². The van der Waals surface area contributed by atoms with Gasteiger partial charge in [0.25, 0.3) is 0 Å². The zero-order valence-electron chi connectivity index (χ0n) is 13.0. The number of rotatable bonds is 11. The van der Waals surface area contributed by atoms with Gasteiger partial charge in [0.05, 0.1) is 52.4 Å². The van der Waals surface area contributed by atoms with Gasteiger partial charge < -0.3 is 33.3 Å². The summed E-state index contributed by atoms with van der Waals surface area (Å²) in [7, 11) is -3.02. The van der Waals surface area contributed by atoms with Crippen molar-refractivity contribution in [3.63, 3.8) is 0 Å². The lowest BCUT2D eigenvalue weighted by Crippen LogP contribution is -2.52. The first kappa shape index (κ1) is 18.3. The molecule has 0 amide bonds. The van der Waals surface area contributed by atoms with Crippen molar-refractivity contribution in [2.75, 3.05) is 46.2 Å². The number of hydrogen-bond donors (Lipinski definition) is 3. The molecule has 0 bridgehead atoms. The van der Waals surface area contributed by atoms with Crippen LogP contribution in [0.5, 0.6) is 0 Å². The Morgan fingerprint density at radius 1 is 0.818 bits per heavy atom. The van der Waals surface area contributed by atoms with E-state index in [1.165, 1.54) is 0 Å². The Bertz CT molecular complexity index is 284. The lowest BCUT2D eigenvalue weighted by molar-refractivity contribution is 0.0151. The SMILES string of the molecule is OCCO[Si](OCCO)(OCCO)C1CCC(C2CO2)CC1. The van der Waals surface area contributed by atoms with E-state index in [0.717, 1.165) is 32.3 Å². The Morgan fingerprint density at radius 2 is 1.27 bits per heavy atom. The highest BCUT2D eigenvalue weighted by atomic mass is 28.4. The van der Waals surface area contributed by atoms with Gasteiger partial charge in [0.15, 0.2) is 0 Å². The Labute approximate surface area is 132 Å². The van der Waals surface area contributed by atoms with Crippen molar-refractivity contribution < 1.29 is 33.3 Å². The Hall–Kier alpha value is -0.0631. The Balaban J connectivity index is 1.98. The van der Waals surface area contributed by atoms with Crippen LogP contribution in [0.1, 0.15) is 25.7 Å². The fourth-order valence-corrected chi connectivity index (χ4v) is 6.34.